The molecule has 1 aliphatic rings. The number of rotatable bonds is 6. The van der Waals surface area contributed by atoms with Gasteiger partial charge in [0.25, 0.3) is 0 Å². The van der Waals surface area contributed by atoms with Crippen molar-refractivity contribution in [3.63, 3.8) is 0 Å². The Morgan fingerprint density at radius 2 is 2.45 bits per heavy atom. The van der Waals surface area contributed by atoms with Crippen LogP contribution >= 0.6 is 11.3 Å². The highest BCUT2D eigenvalue weighted by atomic mass is 32.1. The summed E-state index contributed by atoms with van der Waals surface area (Å²) in [4.78, 5) is 19.7. The number of esters is 1. The molecule has 1 aromatic heterocycles. The van der Waals surface area contributed by atoms with E-state index in [9.17, 15) is 4.79 Å². The summed E-state index contributed by atoms with van der Waals surface area (Å²) < 4.78 is 5.13. The first-order chi connectivity index (χ1) is 9.72. The molecule has 20 heavy (non-hydrogen) atoms. The number of nitrogens with zero attached hydrogens (tertiary/aromatic N) is 2. The fourth-order valence-corrected chi connectivity index (χ4v) is 3.41. The van der Waals surface area contributed by atoms with E-state index in [1.54, 1.807) is 11.3 Å². The number of carbonyl (C=O) groups excluding carboxylic acids is 1. The van der Waals surface area contributed by atoms with Crippen molar-refractivity contribution in [1.82, 2.24) is 9.88 Å². The van der Waals surface area contributed by atoms with Gasteiger partial charge in [-0.25, -0.2) is 4.98 Å². The van der Waals surface area contributed by atoms with Gasteiger partial charge in [-0.1, -0.05) is 0 Å². The number of ether oxygens (including phenoxy) is 1. The monoisotopic (exact) mass is 297 g/mol. The molecule has 0 amide bonds. The van der Waals surface area contributed by atoms with Crippen molar-refractivity contribution in [3.05, 3.63) is 11.1 Å². The van der Waals surface area contributed by atoms with Gasteiger partial charge in [0.05, 0.1) is 12.5 Å². The van der Waals surface area contributed by atoms with Gasteiger partial charge in [-0.2, -0.15) is 0 Å². The highest BCUT2D eigenvalue weighted by Gasteiger charge is 2.27. The van der Waals surface area contributed by atoms with Gasteiger partial charge in [0.2, 0.25) is 0 Å². The molecule has 1 aromatic rings. The maximum Gasteiger partial charge on any atom is 0.310 e. The summed E-state index contributed by atoms with van der Waals surface area (Å²) in [7, 11) is 0. The number of hydrogen-bond acceptors (Lipinski definition) is 6. The fraction of sp³-hybridized carbons (Fsp3) is 0.714. The van der Waals surface area contributed by atoms with E-state index in [2.05, 4.69) is 22.1 Å². The van der Waals surface area contributed by atoms with E-state index in [4.69, 9.17) is 4.74 Å². The van der Waals surface area contributed by atoms with Gasteiger partial charge in [0.15, 0.2) is 5.13 Å². The largest absolute Gasteiger partial charge is 0.466 e. The molecule has 1 atom stereocenters. The number of hydrogen-bond donors (Lipinski definition) is 1. The topological polar surface area (TPSA) is 54.5 Å². The minimum Gasteiger partial charge on any atom is -0.466 e. The van der Waals surface area contributed by atoms with Crippen LogP contribution in [0.2, 0.25) is 0 Å². The lowest BCUT2D eigenvalue weighted by atomic mass is 9.98. The van der Waals surface area contributed by atoms with Crippen LogP contribution < -0.4 is 5.32 Å². The van der Waals surface area contributed by atoms with Crippen LogP contribution in [0.4, 0.5) is 5.13 Å². The summed E-state index contributed by atoms with van der Waals surface area (Å²) in [5, 5.41) is 4.20. The minimum atomic E-state index is -0.0464. The fourth-order valence-electron chi connectivity index (χ4n) is 2.49. The van der Waals surface area contributed by atoms with E-state index in [1.165, 1.54) is 4.88 Å². The Morgan fingerprint density at radius 3 is 3.20 bits per heavy atom. The van der Waals surface area contributed by atoms with Crippen LogP contribution in [0.25, 0.3) is 0 Å². The van der Waals surface area contributed by atoms with Crippen LogP contribution in [-0.2, 0) is 16.1 Å². The molecule has 1 saturated heterocycles. The summed E-state index contributed by atoms with van der Waals surface area (Å²) in [5.74, 6) is -0.0142. The van der Waals surface area contributed by atoms with Gasteiger partial charge in [-0.05, 0) is 33.2 Å². The van der Waals surface area contributed by atoms with Crippen molar-refractivity contribution in [2.24, 2.45) is 5.92 Å². The third kappa shape index (κ3) is 4.18. The Morgan fingerprint density at radius 1 is 1.60 bits per heavy atom. The van der Waals surface area contributed by atoms with Crippen molar-refractivity contribution < 1.29 is 9.53 Å². The first kappa shape index (κ1) is 15.3. The highest BCUT2D eigenvalue weighted by molar-refractivity contribution is 7.15. The molecule has 0 bridgehead atoms. The Labute approximate surface area is 124 Å². The molecule has 2 rings (SSSR count). The van der Waals surface area contributed by atoms with E-state index in [0.29, 0.717) is 6.61 Å². The second-order valence-electron chi connectivity index (χ2n) is 4.99. The van der Waals surface area contributed by atoms with Crippen molar-refractivity contribution >= 4 is 22.4 Å². The van der Waals surface area contributed by atoms with E-state index in [1.807, 2.05) is 13.1 Å². The zero-order chi connectivity index (χ0) is 14.4. The number of anilines is 1. The van der Waals surface area contributed by atoms with Crippen molar-refractivity contribution in [1.29, 1.82) is 0 Å². The maximum absolute atomic E-state index is 11.8. The quantitative estimate of drug-likeness (QED) is 0.817. The molecule has 0 aromatic carbocycles. The summed E-state index contributed by atoms with van der Waals surface area (Å²) in [6, 6.07) is 0. The number of nitrogens with one attached hydrogen (secondary N) is 1. The number of piperidine rings is 1. The smallest absolute Gasteiger partial charge is 0.310 e. The third-order valence-electron chi connectivity index (χ3n) is 3.39. The standard InChI is InChI=1S/C14H23N3O2S/c1-3-15-14-16-8-12(20-14)10-17-7-5-6-11(9-17)13(18)19-4-2/h8,11H,3-7,9-10H2,1-2H3,(H,15,16). The minimum absolute atomic E-state index is 0.0323. The van der Waals surface area contributed by atoms with Crippen molar-refractivity contribution in [3.8, 4) is 0 Å². The van der Waals surface area contributed by atoms with Crippen molar-refractivity contribution in [2.45, 2.75) is 33.2 Å². The van der Waals surface area contributed by atoms with Gasteiger partial charge >= 0.3 is 5.97 Å². The molecule has 1 unspecified atom stereocenters. The van der Waals surface area contributed by atoms with Crippen LogP contribution in [0, 0.1) is 5.92 Å². The molecule has 0 spiro atoms. The molecular formula is C14H23N3O2S. The van der Waals surface area contributed by atoms with Gasteiger partial charge in [0.1, 0.15) is 0 Å². The molecule has 6 heteroatoms. The molecule has 0 aliphatic carbocycles. The molecule has 0 radical (unpaired) electrons. The van der Waals surface area contributed by atoms with Crippen LogP contribution in [0.5, 0.6) is 0 Å². The zero-order valence-corrected chi connectivity index (χ0v) is 13.0. The number of likely N-dealkylation sites (tertiary alicyclic amines) is 1. The Bertz CT molecular complexity index is 436. The van der Waals surface area contributed by atoms with Gasteiger partial charge in [-0.3, -0.25) is 9.69 Å². The van der Waals surface area contributed by atoms with Gasteiger partial charge in [0, 0.05) is 30.7 Å². The number of aromatic nitrogens is 1. The Hall–Kier alpha value is -1.14. The van der Waals surface area contributed by atoms with Crippen LogP contribution in [-0.4, -0.2) is 42.1 Å². The zero-order valence-electron chi connectivity index (χ0n) is 12.2. The van der Waals surface area contributed by atoms with Gasteiger partial charge in [-0.15, -0.1) is 11.3 Å². The maximum atomic E-state index is 11.8. The summed E-state index contributed by atoms with van der Waals surface area (Å²) in [6.45, 7) is 8.00. The first-order valence-corrected chi connectivity index (χ1v) is 8.12. The second-order valence-corrected chi connectivity index (χ2v) is 6.10. The van der Waals surface area contributed by atoms with E-state index >= 15 is 0 Å². The molecule has 2 heterocycles. The average molecular weight is 297 g/mol. The SMILES string of the molecule is CCNc1ncc(CN2CCCC(C(=O)OCC)C2)s1. The highest BCUT2D eigenvalue weighted by Crippen LogP contribution is 2.23. The molecule has 5 nitrogen and oxygen atoms in total. The molecule has 1 aliphatic heterocycles. The van der Waals surface area contributed by atoms with Crippen LogP contribution in [0.3, 0.4) is 0 Å². The van der Waals surface area contributed by atoms with Crippen LogP contribution in [0.1, 0.15) is 31.6 Å². The van der Waals surface area contributed by atoms with Gasteiger partial charge < -0.3 is 10.1 Å². The van der Waals surface area contributed by atoms with Crippen molar-refractivity contribution in [2.75, 3.05) is 31.6 Å². The number of carbonyl (C=O) groups is 1. The first-order valence-electron chi connectivity index (χ1n) is 7.30. The Kier molecular flexibility index (Phi) is 5.79. The normalized spacial score (nSPS) is 19.8. The molecule has 112 valence electrons. The summed E-state index contributed by atoms with van der Waals surface area (Å²) >= 11 is 1.69. The second kappa shape index (κ2) is 7.59. The summed E-state index contributed by atoms with van der Waals surface area (Å²) in [5.41, 5.74) is 0. The van der Waals surface area contributed by atoms with E-state index < -0.39 is 0 Å². The lowest BCUT2D eigenvalue weighted by molar-refractivity contribution is -0.150. The number of thiazole rings is 1. The lowest BCUT2D eigenvalue weighted by Crippen LogP contribution is -2.38. The van der Waals surface area contributed by atoms with Crippen LogP contribution in [0.15, 0.2) is 6.20 Å². The van der Waals surface area contributed by atoms with E-state index in [0.717, 1.165) is 44.2 Å². The third-order valence-corrected chi connectivity index (χ3v) is 4.33. The molecule has 0 saturated carbocycles. The summed E-state index contributed by atoms with van der Waals surface area (Å²) in [6.07, 6.45) is 3.93. The molecular weight excluding hydrogens is 274 g/mol. The Balaban J connectivity index is 1.87. The lowest BCUT2D eigenvalue weighted by Gasteiger charge is -2.30. The predicted molar refractivity (Wildman–Crippen MR) is 80.9 cm³/mol. The predicted octanol–water partition coefficient (Wildman–Crippen LogP) is 2.35. The van der Waals surface area contributed by atoms with E-state index in [-0.39, 0.29) is 11.9 Å². The molecule has 1 N–H and O–H groups in total. The average Bonchev–Trinajstić information content (AvgIpc) is 2.87. The molecule has 1 fully saturated rings.